The second-order valence-corrected chi connectivity index (χ2v) is 7.61. The molecule has 0 aliphatic rings. The molecule has 196 valence electrons. The van der Waals surface area contributed by atoms with Crippen LogP contribution in [0, 0.1) is 0 Å². The molecule has 1 N–H and O–H groups in total. The van der Waals surface area contributed by atoms with Gasteiger partial charge in [-0.3, -0.25) is 0 Å². The second-order valence-electron chi connectivity index (χ2n) is 7.61. The maximum atomic E-state index is 12.7. The van der Waals surface area contributed by atoms with Gasteiger partial charge in [-0.25, -0.2) is 4.79 Å². The van der Waals surface area contributed by atoms with Gasteiger partial charge >= 0.3 is 18.3 Å². The van der Waals surface area contributed by atoms with E-state index in [1.165, 1.54) is 48.7 Å². The molecular weight excluding hydrogens is 508 g/mol. The lowest BCUT2D eigenvalue weighted by Gasteiger charge is -2.13. The lowest BCUT2D eigenvalue weighted by Crippen LogP contribution is -2.05. The average molecular weight is 527 g/mol. The van der Waals surface area contributed by atoms with Crippen LogP contribution in [0.15, 0.2) is 71.9 Å². The van der Waals surface area contributed by atoms with Crippen LogP contribution >= 0.6 is 0 Å². The maximum absolute atomic E-state index is 12.7. The minimum atomic E-state index is -4.46. The predicted molar refractivity (Wildman–Crippen MR) is 119 cm³/mol. The summed E-state index contributed by atoms with van der Waals surface area (Å²) in [6.45, 7) is -0.822. The molecule has 0 heterocycles. The van der Waals surface area contributed by atoms with Crippen molar-refractivity contribution in [2.45, 2.75) is 25.6 Å². The standard InChI is InChI=1S/C25H19F6NO5/c26-24(27,28)19-5-1-16(2-6-19)13-35-21-9-18(12-32-37-15-23(33)34)10-22(11-21)36-14-17-3-7-20(8-4-17)25(29,30)31/h1-12H,13-15H2,(H,33,34)/b32-12+. The van der Waals surface area contributed by atoms with Crippen molar-refractivity contribution < 1.29 is 50.6 Å². The van der Waals surface area contributed by atoms with Gasteiger partial charge in [0.05, 0.1) is 17.3 Å². The molecular formula is C25H19F6NO5. The lowest BCUT2D eigenvalue weighted by atomic mass is 10.1. The summed E-state index contributed by atoms with van der Waals surface area (Å²) in [5.74, 6) is -0.750. The van der Waals surface area contributed by atoms with Crippen LogP contribution in [0.1, 0.15) is 27.8 Å². The second kappa shape index (κ2) is 11.7. The Morgan fingerprint density at radius 1 is 0.757 bits per heavy atom. The number of halogens is 6. The normalized spacial score (nSPS) is 11.9. The Hall–Kier alpha value is -4.22. The van der Waals surface area contributed by atoms with Crippen molar-refractivity contribution >= 4 is 12.2 Å². The van der Waals surface area contributed by atoms with E-state index in [2.05, 4.69) is 9.99 Å². The van der Waals surface area contributed by atoms with E-state index in [4.69, 9.17) is 14.6 Å². The molecule has 37 heavy (non-hydrogen) atoms. The number of alkyl halides is 6. The summed E-state index contributed by atoms with van der Waals surface area (Å²) in [5.41, 5.74) is -0.296. The summed E-state index contributed by atoms with van der Waals surface area (Å²) in [6.07, 6.45) is -7.73. The highest BCUT2D eigenvalue weighted by Gasteiger charge is 2.30. The van der Waals surface area contributed by atoms with Crippen LogP contribution in [-0.4, -0.2) is 23.9 Å². The summed E-state index contributed by atoms with van der Waals surface area (Å²) in [6, 6.07) is 13.3. The van der Waals surface area contributed by atoms with Crippen molar-refractivity contribution in [1.82, 2.24) is 0 Å². The van der Waals surface area contributed by atoms with Gasteiger partial charge in [0.2, 0.25) is 6.61 Å². The smallest absolute Gasteiger partial charge is 0.416 e. The van der Waals surface area contributed by atoms with Crippen molar-refractivity contribution in [1.29, 1.82) is 0 Å². The molecule has 0 unspecified atom stereocenters. The van der Waals surface area contributed by atoms with E-state index in [9.17, 15) is 31.1 Å². The van der Waals surface area contributed by atoms with Crippen molar-refractivity contribution in [2.75, 3.05) is 6.61 Å². The number of aliphatic carboxylic acids is 1. The topological polar surface area (TPSA) is 77.4 Å². The van der Waals surface area contributed by atoms with Crippen molar-refractivity contribution in [2.24, 2.45) is 5.16 Å². The molecule has 3 rings (SSSR count). The van der Waals surface area contributed by atoms with Gasteiger partial charge in [0.25, 0.3) is 0 Å². The van der Waals surface area contributed by atoms with Crippen LogP contribution in [0.4, 0.5) is 26.3 Å². The van der Waals surface area contributed by atoms with E-state index < -0.39 is 36.1 Å². The van der Waals surface area contributed by atoms with E-state index in [1.54, 1.807) is 0 Å². The molecule has 0 saturated heterocycles. The van der Waals surface area contributed by atoms with Gasteiger partial charge in [0.15, 0.2) is 0 Å². The van der Waals surface area contributed by atoms with Crippen molar-refractivity contribution in [3.8, 4) is 11.5 Å². The summed E-state index contributed by atoms with van der Waals surface area (Å²) in [4.78, 5) is 15.2. The Kier molecular flexibility index (Phi) is 8.64. The third kappa shape index (κ3) is 8.74. The number of carboxylic acid groups (broad SMARTS) is 1. The van der Waals surface area contributed by atoms with E-state index in [1.807, 2.05) is 0 Å². The number of oxime groups is 1. The molecule has 0 aliphatic heterocycles. The summed E-state index contributed by atoms with van der Waals surface area (Å²) in [7, 11) is 0. The molecule has 0 amide bonds. The number of carboxylic acids is 1. The van der Waals surface area contributed by atoms with Gasteiger partial charge in [-0.05, 0) is 47.5 Å². The molecule has 0 aliphatic carbocycles. The minimum Gasteiger partial charge on any atom is -0.489 e. The highest BCUT2D eigenvalue weighted by Crippen LogP contribution is 2.31. The van der Waals surface area contributed by atoms with Gasteiger partial charge in [-0.1, -0.05) is 29.4 Å². The number of ether oxygens (including phenoxy) is 2. The summed E-state index contributed by atoms with van der Waals surface area (Å²) >= 11 is 0. The molecule has 3 aromatic rings. The number of rotatable bonds is 10. The molecule has 0 bridgehead atoms. The molecule has 0 fully saturated rings. The highest BCUT2D eigenvalue weighted by atomic mass is 19.4. The van der Waals surface area contributed by atoms with Crippen LogP contribution in [0.2, 0.25) is 0 Å². The molecule has 0 saturated carbocycles. The molecule has 0 aromatic heterocycles. The first-order chi connectivity index (χ1) is 17.4. The van der Waals surface area contributed by atoms with E-state index in [0.29, 0.717) is 16.7 Å². The fourth-order valence-electron chi connectivity index (χ4n) is 2.94. The number of benzene rings is 3. The zero-order valence-electron chi connectivity index (χ0n) is 18.8. The van der Waals surface area contributed by atoms with Crippen LogP contribution in [-0.2, 0) is 35.2 Å². The third-order valence-electron chi connectivity index (χ3n) is 4.74. The summed E-state index contributed by atoms with van der Waals surface area (Å²) in [5, 5.41) is 12.2. The SMILES string of the molecule is O=C(O)CO/N=C/c1cc(OCc2ccc(C(F)(F)F)cc2)cc(OCc2ccc(C(F)(F)F)cc2)c1. The molecule has 0 radical (unpaired) electrons. The molecule has 0 atom stereocenters. The Bertz CT molecular complexity index is 1140. The lowest BCUT2D eigenvalue weighted by molar-refractivity contribution is -0.142. The number of carbonyl (C=O) groups is 1. The fourth-order valence-corrected chi connectivity index (χ4v) is 2.94. The Morgan fingerprint density at radius 2 is 1.19 bits per heavy atom. The van der Waals surface area contributed by atoms with Gasteiger partial charge < -0.3 is 19.4 Å². The van der Waals surface area contributed by atoms with Crippen LogP contribution in [0.5, 0.6) is 11.5 Å². The fraction of sp³-hybridized carbons (Fsp3) is 0.200. The maximum Gasteiger partial charge on any atom is 0.416 e. The van der Waals surface area contributed by atoms with Gasteiger partial charge in [0.1, 0.15) is 24.7 Å². The third-order valence-corrected chi connectivity index (χ3v) is 4.74. The van der Waals surface area contributed by atoms with Crippen LogP contribution < -0.4 is 9.47 Å². The molecule has 3 aromatic carbocycles. The van der Waals surface area contributed by atoms with Crippen molar-refractivity contribution in [3.05, 3.63) is 94.5 Å². The van der Waals surface area contributed by atoms with Gasteiger partial charge in [0, 0.05) is 11.6 Å². The van der Waals surface area contributed by atoms with Crippen molar-refractivity contribution in [3.63, 3.8) is 0 Å². The number of hydrogen-bond donors (Lipinski definition) is 1. The average Bonchev–Trinajstić information content (AvgIpc) is 2.83. The van der Waals surface area contributed by atoms with Gasteiger partial charge in [-0.15, -0.1) is 0 Å². The first kappa shape index (κ1) is 27.4. The minimum absolute atomic E-state index is 0.0768. The summed E-state index contributed by atoms with van der Waals surface area (Å²) < 4.78 is 87.8. The molecule has 6 nitrogen and oxygen atoms in total. The first-order valence-corrected chi connectivity index (χ1v) is 10.5. The monoisotopic (exact) mass is 527 g/mol. The number of hydrogen-bond acceptors (Lipinski definition) is 5. The van der Waals surface area contributed by atoms with Crippen LogP contribution in [0.25, 0.3) is 0 Å². The van der Waals surface area contributed by atoms with Gasteiger partial charge in [-0.2, -0.15) is 26.3 Å². The van der Waals surface area contributed by atoms with E-state index >= 15 is 0 Å². The van der Waals surface area contributed by atoms with E-state index in [0.717, 1.165) is 24.3 Å². The van der Waals surface area contributed by atoms with Crippen LogP contribution in [0.3, 0.4) is 0 Å². The Morgan fingerprint density at radius 3 is 1.57 bits per heavy atom. The molecule has 0 spiro atoms. The zero-order valence-corrected chi connectivity index (χ0v) is 18.8. The van der Waals surface area contributed by atoms with E-state index in [-0.39, 0.29) is 24.7 Å². The first-order valence-electron chi connectivity index (χ1n) is 10.5. The zero-order chi connectivity index (χ0) is 27.1. The largest absolute Gasteiger partial charge is 0.489 e. The number of nitrogens with zero attached hydrogens (tertiary/aromatic N) is 1. The predicted octanol–water partition coefficient (Wildman–Crippen LogP) is 6.32. The highest BCUT2D eigenvalue weighted by molar-refractivity contribution is 5.80. The Balaban J connectivity index is 1.73. The Labute approximate surface area is 206 Å². The quantitative estimate of drug-likeness (QED) is 0.190. The molecule has 12 heteroatoms.